The first kappa shape index (κ1) is 11.2. The van der Waals surface area contributed by atoms with Crippen molar-refractivity contribution in [3.05, 3.63) is 28.1 Å². The lowest BCUT2D eigenvalue weighted by molar-refractivity contribution is 0.601. The Hall–Kier alpha value is -1.34. The number of sulfonamides is 1. The van der Waals surface area contributed by atoms with Gasteiger partial charge in [0.2, 0.25) is 0 Å². The van der Waals surface area contributed by atoms with Crippen molar-refractivity contribution in [2.24, 2.45) is 0 Å². The van der Waals surface area contributed by atoms with Gasteiger partial charge in [-0.15, -0.1) is 11.3 Å². The van der Waals surface area contributed by atoms with Crippen LogP contribution in [-0.4, -0.2) is 18.6 Å². The van der Waals surface area contributed by atoms with Crippen molar-refractivity contribution in [3.8, 4) is 0 Å². The predicted octanol–water partition coefficient (Wildman–Crippen LogP) is 1.89. The molecule has 0 spiro atoms. The van der Waals surface area contributed by atoms with E-state index in [4.69, 9.17) is 0 Å². The molecule has 2 rings (SSSR count). The van der Waals surface area contributed by atoms with E-state index in [1.807, 2.05) is 6.92 Å². The van der Waals surface area contributed by atoms with Crippen LogP contribution in [-0.2, 0) is 10.0 Å². The van der Waals surface area contributed by atoms with Gasteiger partial charge in [0.15, 0.2) is 0 Å². The predicted molar refractivity (Wildman–Crippen MR) is 63.2 cm³/mol. The summed E-state index contributed by atoms with van der Waals surface area (Å²) in [6.07, 6.45) is 1.49. The van der Waals surface area contributed by atoms with E-state index in [0.29, 0.717) is 10.7 Å². The molecule has 0 atom stereocenters. The number of nitrogens with one attached hydrogen (secondary N) is 2. The lowest BCUT2D eigenvalue weighted by Crippen LogP contribution is -2.13. The zero-order valence-corrected chi connectivity index (χ0v) is 10.4. The average molecular weight is 257 g/mol. The molecule has 0 aromatic carbocycles. The molecule has 0 amide bonds. The van der Waals surface area contributed by atoms with Crippen LogP contribution in [0.15, 0.2) is 23.2 Å². The highest BCUT2D eigenvalue weighted by Gasteiger charge is 2.19. The Morgan fingerprint density at radius 3 is 2.69 bits per heavy atom. The number of nitrogens with zero attached hydrogens (tertiary/aromatic N) is 1. The molecule has 2 aromatic heterocycles. The summed E-state index contributed by atoms with van der Waals surface area (Å²) >= 11 is 1.46. The van der Waals surface area contributed by atoms with Gasteiger partial charge in [0.25, 0.3) is 10.0 Å². The Kier molecular flexibility index (Phi) is 2.73. The number of aromatic amines is 1. The first-order valence-electron chi connectivity index (χ1n) is 4.58. The molecule has 2 aromatic rings. The minimum absolute atomic E-state index is 0.324. The van der Waals surface area contributed by atoms with Gasteiger partial charge in [0.1, 0.15) is 10.7 Å². The monoisotopic (exact) mass is 257 g/mol. The molecule has 0 bridgehead atoms. The lowest BCUT2D eigenvalue weighted by atomic mass is 10.4. The second-order valence-corrected chi connectivity index (χ2v) is 6.46. The van der Waals surface area contributed by atoms with Crippen LogP contribution in [0.25, 0.3) is 0 Å². The van der Waals surface area contributed by atoms with Crippen LogP contribution in [0.2, 0.25) is 0 Å². The summed E-state index contributed by atoms with van der Waals surface area (Å²) in [6.45, 7) is 3.67. The molecule has 0 aliphatic rings. The van der Waals surface area contributed by atoms with Gasteiger partial charge in [-0.2, -0.15) is 5.10 Å². The first-order chi connectivity index (χ1) is 7.49. The van der Waals surface area contributed by atoms with Crippen LogP contribution in [0.1, 0.15) is 9.75 Å². The van der Waals surface area contributed by atoms with Crippen molar-refractivity contribution in [1.29, 1.82) is 0 Å². The fourth-order valence-corrected chi connectivity index (χ4v) is 3.96. The van der Waals surface area contributed by atoms with E-state index in [0.717, 1.165) is 9.75 Å². The van der Waals surface area contributed by atoms with Gasteiger partial charge in [0, 0.05) is 15.8 Å². The van der Waals surface area contributed by atoms with Crippen LogP contribution in [0.5, 0.6) is 0 Å². The second-order valence-electron chi connectivity index (χ2n) is 3.35. The fraction of sp³-hybridized carbons (Fsp3) is 0.222. The number of aromatic nitrogens is 2. The van der Waals surface area contributed by atoms with Crippen LogP contribution in [0.3, 0.4) is 0 Å². The highest BCUT2D eigenvalue weighted by atomic mass is 32.2. The normalized spacial score (nSPS) is 11.6. The summed E-state index contributed by atoms with van der Waals surface area (Å²) < 4.78 is 26.4. The Labute approximate surface area is 97.6 Å². The van der Waals surface area contributed by atoms with Crippen molar-refractivity contribution < 1.29 is 8.42 Å². The standard InChI is InChI=1S/C9H11N3O2S2/c1-6-5-8(7(2)15-6)16(13,14)12-9-3-4-10-11-9/h3-5H,1-2H3,(H2,10,11,12). The quantitative estimate of drug-likeness (QED) is 0.881. The molecule has 16 heavy (non-hydrogen) atoms. The van der Waals surface area contributed by atoms with Gasteiger partial charge < -0.3 is 0 Å². The van der Waals surface area contributed by atoms with E-state index in [9.17, 15) is 8.42 Å². The molecule has 0 unspecified atom stereocenters. The molecule has 86 valence electrons. The lowest BCUT2D eigenvalue weighted by Gasteiger charge is -2.04. The summed E-state index contributed by atoms with van der Waals surface area (Å²) in [5.74, 6) is 0.364. The Bertz CT molecular complexity index is 584. The highest BCUT2D eigenvalue weighted by Crippen LogP contribution is 2.26. The largest absolute Gasteiger partial charge is 0.264 e. The zero-order valence-electron chi connectivity index (χ0n) is 8.81. The number of aryl methyl sites for hydroxylation is 2. The maximum atomic E-state index is 12.0. The molecule has 0 fully saturated rings. The van der Waals surface area contributed by atoms with Gasteiger partial charge >= 0.3 is 0 Å². The third-order valence-corrected chi connectivity index (χ3v) is 4.62. The van der Waals surface area contributed by atoms with Gasteiger partial charge in [-0.1, -0.05) is 0 Å². The molecule has 0 saturated heterocycles. The molecular weight excluding hydrogens is 246 g/mol. The molecule has 2 N–H and O–H groups in total. The van der Waals surface area contributed by atoms with Crippen molar-refractivity contribution >= 4 is 27.2 Å². The Morgan fingerprint density at radius 1 is 1.44 bits per heavy atom. The summed E-state index contributed by atoms with van der Waals surface area (Å²) in [5.41, 5.74) is 0. The van der Waals surface area contributed by atoms with E-state index in [2.05, 4.69) is 14.9 Å². The maximum Gasteiger partial charge on any atom is 0.264 e. The van der Waals surface area contributed by atoms with Crippen molar-refractivity contribution in [2.45, 2.75) is 18.7 Å². The Balaban J connectivity index is 2.36. The number of anilines is 1. The van der Waals surface area contributed by atoms with Crippen molar-refractivity contribution in [2.75, 3.05) is 4.72 Å². The van der Waals surface area contributed by atoms with E-state index >= 15 is 0 Å². The maximum absolute atomic E-state index is 12.0. The average Bonchev–Trinajstić information content (AvgIpc) is 2.75. The third-order valence-electron chi connectivity index (χ3n) is 2.03. The van der Waals surface area contributed by atoms with Crippen LogP contribution in [0.4, 0.5) is 5.82 Å². The molecule has 0 radical (unpaired) electrons. The molecule has 2 heterocycles. The van der Waals surface area contributed by atoms with Gasteiger partial charge in [0.05, 0.1) is 6.20 Å². The first-order valence-corrected chi connectivity index (χ1v) is 6.88. The summed E-state index contributed by atoms with van der Waals surface area (Å²) in [5, 5.41) is 6.23. The van der Waals surface area contributed by atoms with Gasteiger partial charge in [-0.25, -0.2) is 8.42 Å². The fourth-order valence-electron chi connectivity index (χ4n) is 1.39. The van der Waals surface area contributed by atoms with E-state index in [1.165, 1.54) is 17.5 Å². The minimum Gasteiger partial charge on any atom is -0.264 e. The van der Waals surface area contributed by atoms with Crippen molar-refractivity contribution in [1.82, 2.24) is 10.2 Å². The van der Waals surface area contributed by atoms with E-state index < -0.39 is 10.0 Å². The number of hydrogen-bond donors (Lipinski definition) is 2. The van der Waals surface area contributed by atoms with Gasteiger partial charge in [-0.3, -0.25) is 9.82 Å². The molecule has 0 aliphatic carbocycles. The van der Waals surface area contributed by atoms with Gasteiger partial charge in [-0.05, 0) is 19.9 Å². The summed E-state index contributed by atoms with van der Waals surface area (Å²) in [7, 11) is -3.50. The minimum atomic E-state index is -3.50. The highest BCUT2D eigenvalue weighted by molar-refractivity contribution is 7.93. The smallest absolute Gasteiger partial charge is 0.264 e. The Morgan fingerprint density at radius 2 is 2.19 bits per heavy atom. The molecule has 0 aliphatic heterocycles. The third kappa shape index (κ3) is 2.10. The zero-order chi connectivity index (χ0) is 11.8. The topological polar surface area (TPSA) is 74.8 Å². The van der Waals surface area contributed by atoms with E-state index in [1.54, 1.807) is 19.1 Å². The van der Waals surface area contributed by atoms with Crippen LogP contribution in [0, 0.1) is 13.8 Å². The molecule has 0 saturated carbocycles. The summed E-state index contributed by atoms with van der Waals surface area (Å²) in [4.78, 5) is 2.08. The van der Waals surface area contributed by atoms with Crippen LogP contribution >= 0.6 is 11.3 Å². The number of hydrogen-bond acceptors (Lipinski definition) is 4. The van der Waals surface area contributed by atoms with E-state index in [-0.39, 0.29) is 0 Å². The number of H-pyrrole nitrogens is 1. The number of rotatable bonds is 3. The second kappa shape index (κ2) is 3.91. The number of thiophene rings is 1. The van der Waals surface area contributed by atoms with Crippen molar-refractivity contribution in [3.63, 3.8) is 0 Å². The molecule has 5 nitrogen and oxygen atoms in total. The SMILES string of the molecule is Cc1cc(S(=O)(=O)Nc2ccn[nH]2)c(C)s1. The summed E-state index contributed by atoms with van der Waals surface area (Å²) in [6, 6.07) is 3.23. The molecule has 7 heteroatoms. The molecular formula is C9H11N3O2S2. The van der Waals surface area contributed by atoms with Crippen LogP contribution < -0.4 is 4.72 Å².